The fourth-order valence-corrected chi connectivity index (χ4v) is 3.29. The molecule has 0 amide bonds. The summed E-state index contributed by atoms with van der Waals surface area (Å²) in [5.41, 5.74) is 2.83. The van der Waals surface area contributed by atoms with Gasteiger partial charge in [-0.3, -0.25) is 9.36 Å². The van der Waals surface area contributed by atoms with Crippen molar-refractivity contribution in [3.63, 3.8) is 0 Å². The van der Waals surface area contributed by atoms with Crippen LogP contribution in [0, 0.1) is 6.92 Å². The molecule has 25 heavy (non-hydrogen) atoms. The van der Waals surface area contributed by atoms with Crippen molar-refractivity contribution in [1.82, 2.24) is 14.8 Å². The highest BCUT2D eigenvalue weighted by atomic mass is 35.5. The van der Waals surface area contributed by atoms with Crippen LogP contribution in [0.3, 0.4) is 0 Å². The number of benzene rings is 2. The monoisotopic (exact) mass is 373 g/mol. The molecule has 0 aliphatic carbocycles. The zero-order chi connectivity index (χ0) is 17.8. The van der Waals surface area contributed by atoms with Crippen molar-refractivity contribution in [2.24, 2.45) is 0 Å². The molecule has 0 saturated heterocycles. The van der Waals surface area contributed by atoms with Crippen LogP contribution in [0.5, 0.6) is 0 Å². The number of ether oxygens (including phenoxy) is 1. The van der Waals surface area contributed by atoms with E-state index in [0.29, 0.717) is 16.0 Å². The van der Waals surface area contributed by atoms with Gasteiger partial charge in [0.2, 0.25) is 0 Å². The number of aromatic nitrogens is 3. The third kappa shape index (κ3) is 3.86. The molecule has 0 spiro atoms. The number of carbonyl (C=O) groups excluding carboxylic acids is 1. The third-order valence-corrected chi connectivity index (χ3v) is 4.82. The number of esters is 1. The van der Waals surface area contributed by atoms with Crippen molar-refractivity contribution in [2.45, 2.75) is 12.1 Å². The van der Waals surface area contributed by atoms with Crippen molar-refractivity contribution >= 4 is 29.3 Å². The summed E-state index contributed by atoms with van der Waals surface area (Å²) in [5.74, 6) is 0.466. The molecule has 7 heteroatoms. The summed E-state index contributed by atoms with van der Waals surface area (Å²) in [5, 5.41) is 9.75. The first-order valence-corrected chi connectivity index (χ1v) is 8.93. The Balaban J connectivity index is 2.09. The van der Waals surface area contributed by atoms with Crippen LogP contribution in [0.15, 0.2) is 53.7 Å². The van der Waals surface area contributed by atoms with E-state index in [-0.39, 0.29) is 11.7 Å². The molecule has 5 nitrogen and oxygen atoms in total. The number of methoxy groups -OCH3 is 1. The Hall–Kier alpha value is -2.31. The molecule has 0 N–H and O–H groups in total. The van der Waals surface area contributed by atoms with Crippen molar-refractivity contribution < 1.29 is 9.53 Å². The zero-order valence-corrected chi connectivity index (χ0v) is 15.3. The van der Waals surface area contributed by atoms with Gasteiger partial charge in [0, 0.05) is 11.3 Å². The number of thioether (sulfide) groups is 1. The maximum absolute atomic E-state index is 11.5. The smallest absolute Gasteiger partial charge is 0.316 e. The first kappa shape index (κ1) is 17.5. The predicted octanol–water partition coefficient (Wildman–Crippen LogP) is 4.16. The minimum absolute atomic E-state index is 0.156. The van der Waals surface area contributed by atoms with Gasteiger partial charge in [0.25, 0.3) is 0 Å². The van der Waals surface area contributed by atoms with Crippen molar-refractivity contribution in [3.8, 4) is 17.1 Å². The number of carbonyl (C=O) groups is 1. The Bertz CT molecular complexity index is 894. The predicted molar refractivity (Wildman–Crippen MR) is 99.3 cm³/mol. The average Bonchev–Trinajstić information content (AvgIpc) is 3.04. The van der Waals surface area contributed by atoms with Crippen molar-refractivity contribution in [3.05, 3.63) is 59.1 Å². The van der Waals surface area contributed by atoms with Gasteiger partial charge in [-0.15, -0.1) is 10.2 Å². The Morgan fingerprint density at radius 1 is 1.16 bits per heavy atom. The van der Waals surface area contributed by atoms with Crippen molar-refractivity contribution in [2.75, 3.05) is 12.9 Å². The van der Waals surface area contributed by atoms with Gasteiger partial charge in [-0.25, -0.2) is 0 Å². The topological polar surface area (TPSA) is 57.0 Å². The number of hydrogen-bond donors (Lipinski definition) is 0. The van der Waals surface area contributed by atoms with Gasteiger partial charge >= 0.3 is 5.97 Å². The molecule has 0 atom stereocenters. The minimum atomic E-state index is -0.317. The molecule has 0 bridgehead atoms. The van der Waals surface area contributed by atoms with Crippen LogP contribution in [0.25, 0.3) is 17.1 Å². The van der Waals surface area contributed by atoms with Crippen molar-refractivity contribution in [1.29, 1.82) is 0 Å². The first-order chi connectivity index (χ1) is 12.1. The number of halogens is 1. The molecule has 1 aromatic heterocycles. The first-order valence-electron chi connectivity index (χ1n) is 7.57. The highest BCUT2D eigenvalue weighted by molar-refractivity contribution is 7.99. The quantitative estimate of drug-likeness (QED) is 0.496. The summed E-state index contributed by atoms with van der Waals surface area (Å²) in [6.07, 6.45) is 0. The molecule has 3 rings (SSSR count). The lowest BCUT2D eigenvalue weighted by molar-refractivity contribution is -0.137. The Morgan fingerprint density at radius 3 is 2.56 bits per heavy atom. The standard InChI is InChI=1S/C18H16ClN3O2S/c1-12-7-9-13(10-8-12)22-17(14-5-3-4-6-15(14)19)20-21-18(22)25-11-16(23)24-2/h3-10H,11H2,1-2H3. The molecule has 0 aliphatic rings. The molecule has 3 aromatic rings. The molecule has 0 unspecified atom stereocenters. The highest BCUT2D eigenvalue weighted by Crippen LogP contribution is 2.31. The summed E-state index contributed by atoms with van der Waals surface area (Å²) < 4.78 is 6.60. The summed E-state index contributed by atoms with van der Waals surface area (Å²) in [7, 11) is 1.36. The van der Waals surface area contributed by atoms with Crippen LogP contribution in [0.4, 0.5) is 0 Å². The van der Waals surface area contributed by atoms with Gasteiger partial charge in [-0.2, -0.15) is 0 Å². The van der Waals surface area contributed by atoms with E-state index in [1.165, 1.54) is 18.9 Å². The van der Waals surface area contributed by atoms with Crippen LogP contribution < -0.4 is 0 Å². The van der Waals surface area contributed by atoms with Gasteiger partial charge in [0.05, 0.1) is 17.9 Å². The zero-order valence-electron chi connectivity index (χ0n) is 13.8. The van der Waals surface area contributed by atoms with Crippen LogP contribution in [-0.2, 0) is 9.53 Å². The van der Waals surface area contributed by atoms with Crippen LogP contribution in [-0.4, -0.2) is 33.6 Å². The maximum atomic E-state index is 11.5. The molecular weight excluding hydrogens is 358 g/mol. The SMILES string of the molecule is COC(=O)CSc1nnc(-c2ccccc2Cl)n1-c1ccc(C)cc1. The van der Waals surface area contributed by atoms with E-state index in [1.54, 1.807) is 0 Å². The van der Waals surface area contributed by atoms with E-state index >= 15 is 0 Å². The van der Waals surface area contributed by atoms with Gasteiger partial charge in [0.15, 0.2) is 11.0 Å². The lowest BCUT2D eigenvalue weighted by Crippen LogP contribution is -2.05. The van der Waals surface area contributed by atoms with E-state index < -0.39 is 0 Å². The van der Waals surface area contributed by atoms with E-state index in [4.69, 9.17) is 16.3 Å². The molecular formula is C18H16ClN3O2S. The summed E-state index contributed by atoms with van der Waals surface area (Å²) >= 11 is 7.61. The lowest BCUT2D eigenvalue weighted by Gasteiger charge is -2.11. The van der Waals surface area contributed by atoms with E-state index in [1.807, 2.05) is 60.0 Å². The largest absolute Gasteiger partial charge is 0.468 e. The molecule has 2 aromatic carbocycles. The molecule has 0 saturated carbocycles. The van der Waals surface area contributed by atoms with Crippen LogP contribution in [0.1, 0.15) is 5.56 Å². The second-order valence-electron chi connectivity index (χ2n) is 5.32. The fraction of sp³-hybridized carbons (Fsp3) is 0.167. The molecule has 0 aliphatic heterocycles. The number of aryl methyl sites for hydroxylation is 1. The lowest BCUT2D eigenvalue weighted by atomic mass is 10.2. The number of hydrogen-bond acceptors (Lipinski definition) is 5. The van der Waals surface area contributed by atoms with Gasteiger partial charge in [0.1, 0.15) is 0 Å². The highest BCUT2D eigenvalue weighted by Gasteiger charge is 2.18. The average molecular weight is 374 g/mol. The second kappa shape index (κ2) is 7.72. The maximum Gasteiger partial charge on any atom is 0.316 e. The molecule has 128 valence electrons. The summed E-state index contributed by atoms with van der Waals surface area (Å²) in [4.78, 5) is 11.5. The van der Waals surface area contributed by atoms with Gasteiger partial charge in [-0.05, 0) is 31.2 Å². The Kier molecular flexibility index (Phi) is 5.40. The van der Waals surface area contributed by atoms with Gasteiger partial charge in [-0.1, -0.05) is 53.2 Å². The molecule has 0 fully saturated rings. The van der Waals surface area contributed by atoms with Crippen LogP contribution >= 0.6 is 23.4 Å². The summed E-state index contributed by atoms with van der Waals surface area (Å²) in [6, 6.07) is 15.5. The summed E-state index contributed by atoms with van der Waals surface area (Å²) in [6.45, 7) is 2.03. The minimum Gasteiger partial charge on any atom is -0.468 e. The third-order valence-electron chi connectivity index (χ3n) is 3.59. The van der Waals surface area contributed by atoms with Gasteiger partial charge < -0.3 is 4.74 Å². The molecule has 0 radical (unpaired) electrons. The number of rotatable bonds is 5. The van der Waals surface area contributed by atoms with Crippen LogP contribution in [0.2, 0.25) is 5.02 Å². The fourth-order valence-electron chi connectivity index (χ4n) is 2.29. The Morgan fingerprint density at radius 2 is 1.88 bits per heavy atom. The molecule has 1 heterocycles. The van der Waals surface area contributed by atoms with E-state index in [9.17, 15) is 4.79 Å². The normalized spacial score (nSPS) is 10.7. The number of nitrogens with zero attached hydrogens (tertiary/aromatic N) is 3. The Labute approximate surface area is 155 Å². The second-order valence-corrected chi connectivity index (χ2v) is 6.67. The van der Waals surface area contributed by atoms with E-state index in [2.05, 4.69) is 10.2 Å². The van der Waals surface area contributed by atoms with E-state index in [0.717, 1.165) is 16.8 Å².